The van der Waals surface area contributed by atoms with Gasteiger partial charge in [-0.2, -0.15) is 0 Å². The summed E-state index contributed by atoms with van der Waals surface area (Å²) in [4.78, 5) is 14.6. The van der Waals surface area contributed by atoms with Gasteiger partial charge in [0.15, 0.2) is 0 Å². The predicted molar refractivity (Wildman–Crippen MR) is 89.4 cm³/mol. The van der Waals surface area contributed by atoms with Crippen LogP contribution in [-0.2, 0) is 4.79 Å². The molecular formula is C17H25ClN2O2. The van der Waals surface area contributed by atoms with E-state index in [1.807, 2.05) is 24.3 Å². The molecule has 0 spiro atoms. The molecule has 0 aromatic heterocycles. The van der Waals surface area contributed by atoms with Crippen molar-refractivity contribution in [3.05, 3.63) is 29.8 Å². The smallest absolute Gasteiger partial charge is 0.242 e. The van der Waals surface area contributed by atoms with Crippen molar-refractivity contribution in [1.82, 2.24) is 10.2 Å². The van der Waals surface area contributed by atoms with Crippen LogP contribution in [0.3, 0.4) is 0 Å². The second kappa shape index (κ2) is 7.84. The zero-order valence-corrected chi connectivity index (χ0v) is 14.3. The number of rotatable bonds is 6. The lowest BCUT2D eigenvalue weighted by Gasteiger charge is -2.20. The molecule has 1 aromatic carbocycles. The molecular weight excluding hydrogens is 300 g/mol. The van der Waals surface area contributed by atoms with E-state index in [0.717, 1.165) is 30.8 Å². The minimum Gasteiger partial charge on any atom is -0.497 e. The first-order valence-electron chi connectivity index (χ1n) is 7.81. The fraction of sp³-hybridized carbons (Fsp3) is 0.588. The van der Waals surface area contributed by atoms with Gasteiger partial charge in [0, 0.05) is 19.1 Å². The van der Waals surface area contributed by atoms with Gasteiger partial charge in [-0.15, -0.1) is 11.6 Å². The van der Waals surface area contributed by atoms with Crippen molar-refractivity contribution < 1.29 is 9.53 Å². The Morgan fingerprint density at radius 1 is 1.41 bits per heavy atom. The van der Waals surface area contributed by atoms with E-state index in [9.17, 15) is 4.79 Å². The van der Waals surface area contributed by atoms with Crippen molar-refractivity contribution in [3.8, 4) is 5.75 Å². The van der Waals surface area contributed by atoms with Crippen LogP contribution in [-0.4, -0.2) is 43.6 Å². The van der Waals surface area contributed by atoms with Crippen LogP contribution in [0, 0.1) is 5.92 Å². The first-order chi connectivity index (χ1) is 10.5. The number of methoxy groups -OCH3 is 1. The average molecular weight is 325 g/mol. The van der Waals surface area contributed by atoms with Crippen LogP contribution in [0.4, 0.5) is 0 Å². The standard InChI is InChI=1S/C17H25ClN2O2/c1-12(2)20-9-8-13(11-20)10-19-17(21)16(18)14-4-6-15(22-3)7-5-14/h4-7,12-13,16H,8-11H2,1-3H3,(H,19,21). The maximum atomic E-state index is 12.2. The fourth-order valence-electron chi connectivity index (χ4n) is 2.76. The Kier molecular flexibility index (Phi) is 6.09. The van der Waals surface area contributed by atoms with Gasteiger partial charge in [-0.05, 0) is 50.4 Å². The van der Waals surface area contributed by atoms with E-state index in [1.165, 1.54) is 0 Å². The SMILES string of the molecule is COc1ccc(C(Cl)C(=O)NCC2CCN(C(C)C)C2)cc1. The number of nitrogens with zero attached hydrogens (tertiary/aromatic N) is 1. The number of benzene rings is 1. The van der Waals surface area contributed by atoms with Crippen molar-refractivity contribution in [2.24, 2.45) is 5.92 Å². The Labute approximate surface area is 137 Å². The number of likely N-dealkylation sites (tertiary alicyclic amines) is 1. The minimum atomic E-state index is -0.659. The van der Waals surface area contributed by atoms with Crippen LogP contribution in [0.15, 0.2) is 24.3 Å². The van der Waals surface area contributed by atoms with E-state index >= 15 is 0 Å². The summed E-state index contributed by atoms with van der Waals surface area (Å²) in [5, 5.41) is 2.32. The van der Waals surface area contributed by atoms with Crippen LogP contribution in [0.1, 0.15) is 31.2 Å². The lowest BCUT2D eigenvalue weighted by molar-refractivity contribution is -0.121. The molecule has 1 aliphatic heterocycles. The quantitative estimate of drug-likeness (QED) is 0.818. The van der Waals surface area contributed by atoms with Gasteiger partial charge in [-0.1, -0.05) is 12.1 Å². The lowest BCUT2D eigenvalue weighted by Crippen LogP contribution is -2.34. The number of halogens is 1. The van der Waals surface area contributed by atoms with E-state index in [-0.39, 0.29) is 5.91 Å². The number of alkyl halides is 1. The maximum Gasteiger partial charge on any atom is 0.242 e. The molecule has 22 heavy (non-hydrogen) atoms. The highest BCUT2D eigenvalue weighted by Gasteiger charge is 2.25. The molecule has 2 unspecified atom stereocenters. The molecule has 1 N–H and O–H groups in total. The Hall–Kier alpha value is -1.26. The Bertz CT molecular complexity index is 490. The summed E-state index contributed by atoms with van der Waals surface area (Å²) in [6.45, 7) is 7.27. The summed E-state index contributed by atoms with van der Waals surface area (Å²) in [5.41, 5.74) is 0.787. The van der Waals surface area contributed by atoms with Gasteiger partial charge in [0.05, 0.1) is 7.11 Å². The largest absolute Gasteiger partial charge is 0.497 e. The Balaban J connectivity index is 1.81. The molecule has 1 heterocycles. The van der Waals surface area contributed by atoms with E-state index in [0.29, 0.717) is 18.5 Å². The Morgan fingerprint density at radius 3 is 2.64 bits per heavy atom. The van der Waals surface area contributed by atoms with Gasteiger partial charge >= 0.3 is 0 Å². The molecule has 1 saturated heterocycles. The van der Waals surface area contributed by atoms with Gasteiger partial charge in [-0.3, -0.25) is 4.79 Å². The maximum absolute atomic E-state index is 12.2. The van der Waals surface area contributed by atoms with E-state index in [2.05, 4.69) is 24.1 Å². The van der Waals surface area contributed by atoms with Gasteiger partial charge in [0.2, 0.25) is 5.91 Å². The summed E-state index contributed by atoms with van der Waals surface area (Å²) >= 11 is 6.25. The molecule has 1 amide bonds. The normalized spacial score (nSPS) is 20.1. The molecule has 2 atom stereocenters. The topological polar surface area (TPSA) is 41.6 Å². The zero-order chi connectivity index (χ0) is 16.1. The molecule has 0 aliphatic carbocycles. The van der Waals surface area contributed by atoms with Crippen LogP contribution >= 0.6 is 11.6 Å². The van der Waals surface area contributed by atoms with Crippen LogP contribution < -0.4 is 10.1 Å². The van der Waals surface area contributed by atoms with Gasteiger partial charge in [0.25, 0.3) is 0 Å². The third-order valence-electron chi connectivity index (χ3n) is 4.25. The molecule has 1 fully saturated rings. The van der Waals surface area contributed by atoms with E-state index < -0.39 is 5.38 Å². The molecule has 122 valence electrons. The molecule has 4 nitrogen and oxygen atoms in total. The zero-order valence-electron chi connectivity index (χ0n) is 13.5. The lowest BCUT2D eigenvalue weighted by atomic mass is 10.1. The van der Waals surface area contributed by atoms with Gasteiger partial charge < -0.3 is 15.0 Å². The van der Waals surface area contributed by atoms with Crippen molar-refractivity contribution in [1.29, 1.82) is 0 Å². The van der Waals surface area contributed by atoms with Crippen LogP contribution in [0.5, 0.6) is 5.75 Å². The van der Waals surface area contributed by atoms with E-state index in [1.54, 1.807) is 7.11 Å². The number of nitrogens with one attached hydrogen (secondary N) is 1. The summed E-state index contributed by atoms with van der Waals surface area (Å²) in [5.74, 6) is 1.15. The molecule has 5 heteroatoms. The molecule has 0 saturated carbocycles. The first kappa shape index (κ1) is 17.1. The van der Waals surface area contributed by atoms with Crippen molar-refractivity contribution >= 4 is 17.5 Å². The average Bonchev–Trinajstić information content (AvgIpc) is 3.01. The van der Waals surface area contributed by atoms with Crippen molar-refractivity contribution in [2.45, 2.75) is 31.7 Å². The molecule has 0 bridgehead atoms. The summed E-state index contributed by atoms with van der Waals surface area (Å²) in [6.07, 6.45) is 1.13. The van der Waals surface area contributed by atoms with Gasteiger partial charge in [0.1, 0.15) is 11.1 Å². The monoisotopic (exact) mass is 324 g/mol. The highest BCUT2D eigenvalue weighted by Crippen LogP contribution is 2.23. The number of carbonyl (C=O) groups excluding carboxylic acids is 1. The Morgan fingerprint density at radius 2 is 2.09 bits per heavy atom. The van der Waals surface area contributed by atoms with Crippen molar-refractivity contribution in [2.75, 3.05) is 26.7 Å². The number of hydrogen-bond acceptors (Lipinski definition) is 3. The summed E-state index contributed by atoms with van der Waals surface area (Å²) < 4.78 is 5.11. The first-order valence-corrected chi connectivity index (χ1v) is 8.24. The van der Waals surface area contributed by atoms with Crippen LogP contribution in [0.2, 0.25) is 0 Å². The third-order valence-corrected chi connectivity index (χ3v) is 4.70. The summed E-state index contributed by atoms with van der Waals surface area (Å²) in [7, 11) is 1.61. The van der Waals surface area contributed by atoms with Gasteiger partial charge in [-0.25, -0.2) is 0 Å². The molecule has 1 aliphatic rings. The highest BCUT2D eigenvalue weighted by molar-refractivity contribution is 6.30. The van der Waals surface area contributed by atoms with E-state index in [4.69, 9.17) is 16.3 Å². The summed E-state index contributed by atoms with van der Waals surface area (Å²) in [6, 6.07) is 7.85. The number of amides is 1. The number of carbonyl (C=O) groups is 1. The molecule has 1 aromatic rings. The molecule has 0 radical (unpaired) electrons. The fourth-order valence-corrected chi connectivity index (χ4v) is 2.98. The third kappa shape index (κ3) is 4.37. The number of hydrogen-bond donors (Lipinski definition) is 1. The number of ether oxygens (including phenoxy) is 1. The predicted octanol–water partition coefficient (Wildman–Crippen LogP) is 2.82. The second-order valence-corrected chi connectivity index (χ2v) is 6.56. The second-order valence-electron chi connectivity index (χ2n) is 6.12. The highest BCUT2D eigenvalue weighted by atomic mass is 35.5. The van der Waals surface area contributed by atoms with Crippen molar-refractivity contribution in [3.63, 3.8) is 0 Å². The minimum absolute atomic E-state index is 0.130. The van der Waals surface area contributed by atoms with Crippen LogP contribution in [0.25, 0.3) is 0 Å². The molecule has 2 rings (SSSR count).